The molecule has 0 aliphatic carbocycles. The number of hydrogen-bond donors (Lipinski definition) is 1. The van der Waals surface area contributed by atoms with Crippen molar-refractivity contribution in [2.24, 2.45) is 0 Å². The summed E-state index contributed by atoms with van der Waals surface area (Å²) in [5.41, 5.74) is 2.35. The van der Waals surface area contributed by atoms with Crippen molar-refractivity contribution in [3.8, 4) is 5.75 Å². The first-order valence-corrected chi connectivity index (χ1v) is 9.48. The molecule has 6 heteroatoms. The Kier molecular flexibility index (Phi) is 4.68. The summed E-state index contributed by atoms with van der Waals surface area (Å²) in [6.45, 7) is 6.06. The van der Waals surface area contributed by atoms with Gasteiger partial charge >= 0.3 is 5.63 Å². The normalized spacial score (nSPS) is 19.7. The summed E-state index contributed by atoms with van der Waals surface area (Å²) >= 11 is 0. The van der Waals surface area contributed by atoms with E-state index in [-0.39, 0.29) is 11.5 Å². The van der Waals surface area contributed by atoms with E-state index >= 15 is 0 Å². The van der Waals surface area contributed by atoms with Crippen LogP contribution in [0.5, 0.6) is 5.75 Å². The lowest BCUT2D eigenvalue weighted by Crippen LogP contribution is -3.12. The van der Waals surface area contributed by atoms with Crippen LogP contribution in [0.3, 0.4) is 0 Å². The van der Waals surface area contributed by atoms with E-state index < -0.39 is 0 Å². The Morgan fingerprint density at radius 1 is 1.27 bits per heavy atom. The summed E-state index contributed by atoms with van der Waals surface area (Å²) in [5, 5.41) is 0.998. The maximum absolute atomic E-state index is 11.9. The van der Waals surface area contributed by atoms with Crippen molar-refractivity contribution in [2.45, 2.75) is 39.2 Å². The summed E-state index contributed by atoms with van der Waals surface area (Å²) in [6.07, 6.45) is 3.42. The molecule has 2 aliphatic rings. The lowest BCUT2D eigenvalue weighted by Gasteiger charge is -2.27. The number of rotatable bonds is 5. The lowest BCUT2D eigenvalue weighted by molar-refractivity contribution is -0.932. The minimum Gasteiger partial charge on any atom is -0.445 e. The number of quaternary nitrogens is 1. The Labute approximate surface area is 152 Å². The third kappa shape index (κ3) is 3.21. The molecule has 138 valence electrons. The summed E-state index contributed by atoms with van der Waals surface area (Å²) < 4.78 is 11.5. The van der Waals surface area contributed by atoms with Crippen LogP contribution in [0, 0.1) is 0 Å². The van der Waals surface area contributed by atoms with Gasteiger partial charge in [0.2, 0.25) is 12.6 Å². The molecule has 2 aliphatic heterocycles. The van der Waals surface area contributed by atoms with E-state index in [1.54, 1.807) is 6.07 Å². The number of carbonyl (C=O) groups is 1. The molecule has 3 heterocycles. The molecular formula is C20H25N2O4+. The van der Waals surface area contributed by atoms with E-state index in [4.69, 9.17) is 9.15 Å². The average molecular weight is 357 g/mol. The molecule has 6 nitrogen and oxygen atoms in total. The highest BCUT2D eigenvalue weighted by Crippen LogP contribution is 2.30. The van der Waals surface area contributed by atoms with Gasteiger partial charge in [-0.25, -0.2) is 4.79 Å². The van der Waals surface area contributed by atoms with Crippen LogP contribution in [0.2, 0.25) is 0 Å². The second kappa shape index (κ2) is 7.11. The van der Waals surface area contributed by atoms with Crippen LogP contribution in [-0.2, 0) is 17.8 Å². The van der Waals surface area contributed by atoms with Gasteiger partial charge in [-0.15, -0.1) is 0 Å². The zero-order chi connectivity index (χ0) is 18.1. The number of hydrogen-bond acceptors (Lipinski definition) is 4. The molecule has 26 heavy (non-hydrogen) atoms. The van der Waals surface area contributed by atoms with Crippen LogP contribution in [0.25, 0.3) is 11.0 Å². The molecule has 0 bridgehead atoms. The van der Waals surface area contributed by atoms with E-state index in [0.717, 1.165) is 67.7 Å². The first kappa shape index (κ1) is 17.1. The zero-order valence-corrected chi connectivity index (χ0v) is 15.2. The molecule has 0 saturated carbocycles. The number of fused-ring (bicyclic) bond motifs is 3. The Morgan fingerprint density at radius 2 is 2.15 bits per heavy atom. The highest BCUT2D eigenvalue weighted by molar-refractivity contribution is 5.85. The fourth-order valence-electron chi connectivity index (χ4n) is 4.03. The van der Waals surface area contributed by atoms with Crippen molar-refractivity contribution >= 4 is 16.9 Å². The maximum Gasteiger partial charge on any atom is 0.336 e. The summed E-state index contributed by atoms with van der Waals surface area (Å²) in [7, 11) is 0. The number of nitrogens with zero attached hydrogens (tertiary/aromatic N) is 1. The predicted octanol–water partition coefficient (Wildman–Crippen LogP) is 1.10. The molecule has 1 saturated heterocycles. The number of ether oxygens (including phenoxy) is 1. The van der Waals surface area contributed by atoms with Crippen molar-refractivity contribution < 1.29 is 18.8 Å². The minimum atomic E-state index is -0.303. The first-order chi connectivity index (χ1) is 12.7. The van der Waals surface area contributed by atoms with Gasteiger partial charge in [0.15, 0.2) is 5.58 Å². The van der Waals surface area contributed by atoms with Gasteiger partial charge in [0.05, 0.1) is 12.1 Å². The van der Waals surface area contributed by atoms with Crippen molar-refractivity contribution in [1.82, 2.24) is 4.90 Å². The van der Waals surface area contributed by atoms with E-state index in [2.05, 4.69) is 0 Å². The molecule has 1 unspecified atom stereocenters. The standard InChI is InChI=1S/C20H24N2O4/c1-2-14-11-19(24)26-20-15(14)6-7-17-16(20)12-21(13-25-17)8-4-10-22-9-3-5-18(22)23/h6-7,11H,2-5,8-10,12-13H2,1H3/p+1. The first-order valence-electron chi connectivity index (χ1n) is 9.48. The number of benzene rings is 1. The smallest absolute Gasteiger partial charge is 0.336 e. The van der Waals surface area contributed by atoms with Gasteiger partial charge in [-0.1, -0.05) is 6.92 Å². The third-order valence-corrected chi connectivity index (χ3v) is 5.43. The second-order valence-corrected chi connectivity index (χ2v) is 7.17. The molecule has 1 aromatic heterocycles. The van der Waals surface area contributed by atoms with Crippen molar-refractivity contribution in [1.29, 1.82) is 0 Å². The fourth-order valence-corrected chi connectivity index (χ4v) is 4.03. The third-order valence-electron chi connectivity index (χ3n) is 5.43. The molecule has 1 atom stereocenters. The topological polar surface area (TPSA) is 64.2 Å². The Hall–Kier alpha value is -2.34. The minimum absolute atomic E-state index is 0.278. The van der Waals surface area contributed by atoms with E-state index in [1.807, 2.05) is 24.0 Å². The van der Waals surface area contributed by atoms with Crippen molar-refractivity contribution in [3.05, 3.63) is 39.7 Å². The monoisotopic (exact) mass is 357 g/mol. The zero-order valence-electron chi connectivity index (χ0n) is 15.2. The predicted molar refractivity (Wildman–Crippen MR) is 97.3 cm³/mol. The number of carbonyl (C=O) groups excluding carboxylic acids is 1. The quantitative estimate of drug-likeness (QED) is 0.814. The summed E-state index contributed by atoms with van der Waals surface area (Å²) in [4.78, 5) is 26.9. The summed E-state index contributed by atoms with van der Waals surface area (Å²) in [5.74, 6) is 1.09. The van der Waals surface area contributed by atoms with Gasteiger partial charge in [0.1, 0.15) is 12.3 Å². The highest BCUT2D eigenvalue weighted by Gasteiger charge is 2.25. The molecule has 0 spiro atoms. The SMILES string of the molecule is CCc1cc(=O)oc2c3c(ccc12)OC[NH+](CCCN1CCCC1=O)C3. The van der Waals surface area contributed by atoms with Crippen molar-refractivity contribution in [2.75, 3.05) is 26.4 Å². The van der Waals surface area contributed by atoms with Crippen LogP contribution in [-0.4, -0.2) is 37.2 Å². The van der Waals surface area contributed by atoms with Gasteiger partial charge in [-0.3, -0.25) is 9.69 Å². The van der Waals surface area contributed by atoms with E-state index in [0.29, 0.717) is 18.7 Å². The maximum atomic E-state index is 11.9. The molecule has 1 fully saturated rings. The Morgan fingerprint density at radius 3 is 2.92 bits per heavy atom. The Balaban J connectivity index is 1.51. The van der Waals surface area contributed by atoms with Crippen LogP contribution < -0.4 is 15.3 Å². The van der Waals surface area contributed by atoms with Gasteiger partial charge in [0.25, 0.3) is 0 Å². The average Bonchev–Trinajstić information content (AvgIpc) is 3.06. The molecule has 1 amide bonds. The second-order valence-electron chi connectivity index (χ2n) is 7.17. The molecule has 1 N–H and O–H groups in total. The molecule has 0 radical (unpaired) electrons. The van der Waals surface area contributed by atoms with Gasteiger partial charge in [-0.2, -0.15) is 0 Å². The van der Waals surface area contributed by atoms with Crippen LogP contribution in [0.4, 0.5) is 0 Å². The van der Waals surface area contributed by atoms with Crippen LogP contribution >= 0.6 is 0 Å². The summed E-state index contributed by atoms with van der Waals surface area (Å²) in [6, 6.07) is 5.55. The largest absolute Gasteiger partial charge is 0.445 e. The number of nitrogens with one attached hydrogen (secondary N) is 1. The molecular weight excluding hydrogens is 332 g/mol. The molecule has 4 rings (SSSR count). The number of amides is 1. The van der Waals surface area contributed by atoms with E-state index in [1.165, 1.54) is 4.90 Å². The Bertz CT molecular complexity index is 889. The van der Waals surface area contributed by atoms with Gasteiger partial charge in [-0.05, 0) is 30.5 Å². The number of aryl methyl sites for hydroxylation is 1. The lowest BCUT2D eigenvalue weighted by atomic mass is 10.0. The molecule has 1 aromatic carbocycles. The van der Waals surface area contributed by atoms with Gasteiger partial charge in [0, 0.05) is 37.4 Å². The molecule has 2 aromatic rings. The van der Waals surface area contributed by atoms with Gasteiger partial charge < -0.3 is 14.1 Å². The van der Waals surface area contributed by atoms with Crippen LogP contribution in [0.15, 0.2) is 27.4 Å². The fraction of sp³-hybridized carbons (Fsp3) is 0.500. The number of likely N-dealkylation sites (tertiary alicyclic amines) is 1. The van der Waals surface area contributed by atoms with Crippen molar-refractivity contribution in [3.63, 3.8) is 0 Å². The highest BCUT2D eigenvalue weighted by atomic mass is 16.5. The van der Waals surface area contributed by atoms with Crippen LogP contribution in [0.1, 0.15) is 37.3 Å². The van der Waals surface area contributed by atoms with E-state index in [9.17, 15) is 9.59 Å².